The number of nitrogens with one attached hydrogen (secondary N) is 1. The number of ether oxygens (including phenoxy) is 1. The van der Waals surface area contributed by atoms with E-state index in [0.29, 0.717) is 6.04 Å². The third-order valence-electron chi connectivity index (χ3n) is 4.59. The van der Waals surface area contributed by atoms with E-state index in [1.165, 1.54) is 35.7 Å². The molecular formula is C18H28BrNO. The van der Waals surface area contributed by atoms with Crippen LogP contribution in [0.25, 0.3) is 0 Å². The lowest BCUT2D eigenvalue weighted by atomic mass is 9.76. The van der Waals surface area contributed by atoms with Crippen LogP contribution in [0, 0.1) is 11.8 Å². The highest BCUT2D eigenvalue weighted by atomic mass is 79.9. The molecule has 2 nitrogen and oxygen atoms in total. The van der Waals surface area contributed by atoms with E-state index in [1.807, 2.05) is 6.07 Å². The second-order valence-electron chi connectivity index (χ2n) is 6.53. The van der Waals surface area contributed by atoms with E-state index < -0.39 is 0 Å². The van der Waals surface area contributed by atoms with Crippen LogP contribution in [0.2, 0.25) is 0 Å². The summed E-state index contributed by atoms with van der Waals surface area (Å²) in [6.07, 6.45) is 6.65. The smallest absolute Gasteiger partial charge is 0.119 e. The molecule has 21 heavy (non-hydrogen) atoms. The van der Waals surface area contributed by atoms with Crippen molar-refractivity contribution in [3.05, 3.63) is 28.2 Å². The van der Waals surface area contributed by atoms with Gasteiger partial charge in [-0.3, -0.25) is 0 Å². The van der Waals surface area contributed by atoms with Crippen LogP contribution in [0.3, 0.4) is 0 Å². The molecule has 0 amide bonds. The van der Waals surface area contributed by atoms with Gasteiger partial charge in [-0.25, -0.2) is 0 Å². The first-order chi connectivity index (χ1) is 10.1. The van der Waals surface area contributed by atoms with Crippen LogP contribution >= 0.6 is 15.9 Å². The third-order valence-corrected chi connectivity index (χ3v) is 5.36. The lowest BCUT2D eigenvalue weighted by Gasteiger charge is -2.33. The number of halogens is 1. The molecule has 0 bridgehead atoms. The minimum Gasteiger partial charge on any atom is -0.497 e. The molecule has 2 unspecified atom stereocenters. The van der Waals surface area contributed by atoms with Gasteiger partial charge in [-0.1, -0.05) is 42.6 Å². The molecule has 0 aromatic heterocycles. The van der Waals surface area contributed by atoms with E-state index in [0.717, 1.165) is 30.6 Å². The predicted molar refractivity (Wildman–Crippen MR) is 93.0 cm³/mol. The molecule has 1 aromatic carbocycles. The highest BCUT2D eigenvalue weighted by molar-refractivity contribution is 9.10. The molecular weight excluding hydrogens is 326 g/mol. The van der Waals surface area contributed by atoms with E-state index >= 15 is 0 Å². The number of hydrogen-bond donors (Lipinski definition) is 1. The second-order valence-corrected chi connectivity index (χ2v) is 7.38. The van der Waals surface area contributed by atoms with Gasteiger partial charge in [-0.2, -0.15) is 0 Å². The molecule has 1 N–H and O–H groups in total. The Morgan fingerprint density at radius 3 is 2.62 bits per heavy atom. The average Bonchev–Trinajstić information content (AvgIpc) is 2.48. The molecule has 1 fully saturated rings. The van der Waals surface area contributed by atoms with Gasteiger partial charge in [0, 0.05) is 10.5 Å². The largest absolute Gasteiger partial charge is 0.497 e. The fourth-order valence-electron chi connectivity index (χ4n) is 3.33. The third kappa shape index (κ3) is 5.00. The Balaban J connectivity index is 2.04. The van der Waals surface area contributed by atoms with Gasteiger partial charge in [0.15, 0.2) is 0 Å². The number of rotatable bonds is 6. The highest BCUT2D eigenvalue weighted by Gasteiger charge is 2.25. The van der Waals surface area contributed by atoms with Crippen molar-refractivity contribution in [2.75, 3.05) is 13.7 Å². The fraction of sp³-hybridized carbons (Fsp3) is 0.667. The fourth-order valence-corrected chi connectivity index (χ4v) is 3.73. The van der Waals surface area contributed by atoms with Gasteiger partial charge in [-0.15, -0.1) is 0 Å². The molecule has 3 heteroatoms. The maximum atomic E-state index is 5.37. The Bertz CT molecular complexity index is 447. The van der Waals surface area contributed by atoms with Crippen molar-refractivity contribution in [3.63, 3.8) is 0 Å². The lowest BCUT2D eigenvalue weighted by molar-refractivity contribution is 0.224. The molecule has 2 rings (SSSR count). The van der Waals surface area contributed by atoms with Crippen LogP contribution in [-0.4, -0.2) is 19.7 Å². The summed E-state index contributed by atoms with van der Waals surface area (Å²) >= 11 is 3.70. The van der Waals surface area contributed by atoms with E-state index in [-0.39, 0.29) is 0 Å². The van der Waals surface area contributed by atoms with Crippen molar-refractivity contribution in [1.29, 1.82) is 0 Å². The Labute approximate surface area is 137 Å². The summed E-state index contributed by atoms with van der Waals surface area (Å²) < 4.78 is 6.58. The van der Waals surface area contributed by atoms with Gasteiger partial charge in [-0.05, 0) is 61.4 Å². The molecule has 1 aliphatic carbocycles. The zero-order chi connectivity index (χ0) is 15.2. The summed E-state index contributed by atoms with van der Waals surface area (Å²) in [5, 5.41) is 3.63. The minimum atomic E-state index is 0.580. The summed E-state index contributed by atoms with van der Waals surface area (Å²) in [6, 6.07) is 6.90. The maximum Gasteiger partial charge on any atom is 0.119 e. The SMILES string of the molecule is COc1ccc(Br)c(CC2CCCCC2CNC(C)C)c1. The molecule has 0 heterocycles. The van der Waals surface area contributed by atoms with Crippen LogP contribution < -0.4 is 10.1 Å². The predicted octanol–water partition coefficient (Wildman–Crippen LogP) is 4.80. The van der Waals surface area contributed by atoms with E-state index in [4.69, 9.17) is 4.74 Å². The van der Waals surface area contributed by atoms with E-state index in [9.17, 15) is 0 Å². The van der Waals surface area contributed by atoms with Crippen molar-refractivity contribution >= 4 is 15.9 Å². The van der Waals surface area contributed by atoms with Crippen molar-refractivity contribution < 1.29 is 4.74 Å². The summed E-state index contributed by atoms with van der Waals surface area (Å²) in [7, 11) is 1.74. The van der Waals surface area contributed by atoms with E-state index in [1.54, 1.807) is 7.11 Å². The van der Waals surface area contributed by atoms with Crippen molar-refractivity contribution in [2.45, 2.75) is 52.0 Å². The molecule has 1 aliphatic rings. The molecule has 2 atom stereocenters. The molecule has 1 aromatic rings. The van der Waals surface area contributed by atoms with E-state index in [2.05, 4.69) is 47.2 Å². The Morgan fingerprint density at radius 2 is 1.95 bits per heavy atom. The quantitative estimate of drug-likeness (QED) is 0.792. The number of hydrogen-bond acceptors (Lipinski definition) is 2. The first-order valence-electron chi connectivity index (χ1n) is 8.16. The zero-order valence-electron chi connectivity index (χ0n) is 13.5. The Morgan fingerprint density at radius 1 is 1.24 bits per heavy atom. The molecule has 0 saturated heterocycles. The zero-order valence-corrected chi connectivity index (χ0v) is 15.1. The van der Waals surface area contributed by atoms with Crippen molar-refractivity contribution in [1.82, 2.24) is 5.32 Å². The van der Waals surface area contributed by atoms with Crippen LogP contribution in [0.1, 0.15) is 45.1 Å². The first-order valence-corrected chi connectivity index (χ1v) is 8.95. The van der Waals surface area contributed by atoms with Crippen molar-refractivity contribution in [2.24, 2.45) is 11.8 Å². The lowest BCUT2D eigenvalue weighted by Crippen LogP contribution is -2.35. The second kappa shape index (κ2) is 8.19. The summed E-state index contributed by atoms with van der Waals surface area (Å²) in [6.45, 7) is 5.62. The maximum absolute atomic E-state index is 5.37. The number of methoxy groups -OCH3 is 1. The molecule has 0 aliphatic heterocycles. The first kappa shape index (κ1) is 16.8. The van der Waals surface area contributed by atoms with Gasteiger partial charge < -0.3 is 10.1 Å². The summed E-state index contributed by atoms with van der Waals surface area (Å²) in [5.41, 5.74) is 1.38. The monoisotopic (exact) mass is 353 g/mol. The van der Waals surface area contributed by atoms with Crippen LogP contribution in [0.5, 0.6) is 5.75 Å². The molecule has 0 radical (unpaired) electrons. The normalized spacial score (nSPS) is 22.5. The Kier molecular flexibility index (Phi) is 6.56. The van der Waals surface area contributed by atoms with Crippen LogP contribution in [0.15, 0.2) is 22.7 Å². The summed E-state index contributed by atoms with van der Waals surface area (Å²) in [5.74, 6) is 2.55. The van der Waals surface area contributed by atoms with Crippen LogP contribution in [-0.2, 0) is 6.42 Å². The molecule has 118 valence electrons. The summed E-state index contributed by atoms with van der Waals surface area (Å²) in [4.78, 5) is 0. The average molecular weight is 354 g/mol. The van der Waals surface area contributed by atoms with Crippen LogP contribution in [0.4, 0.5) is 0 Å². The minimum absolute atomic E-state index is 0.580. The highest BCUT2D eigenvalue weighted by Crippen LogP contribution is 2.34. The standard InChI is InChI=1S/C18H28BrNO/c1-13(2)20-12-15-7-5-4-6-14(15)10-16-11-17(21-3)8-9-18(16)19/h8-9,11,13-15,20H,4-7,10,12H2,1-3H3. The van der Waals surface area contributed by atoms with Gasteiger partial charge in [0.25, 0.3) is 0 Å². The Hall–Kier alpha value is -0.540. The van der Waals surface area contributed by atoms with Crippen molar-refractivity contribution in [3.8, 4) is 5.75 Å². The van der Waals surface area contributed by atoms with Gasteiger partial charge in [0.1, 0.15) is 5.75 Å². The topological polar surface area (TPSA) is 21.3 Å². The van der Waals surface area contributed by atoms with Gasteiger partial charge in [0.2, 0.25) is 0 Å². The number of benzene rings is 1. The van der Waals surface area contributed by atoms with Gasteiger partial charge in [0.05, 0.1) is 7.11 Å². The molecule has 0 spiro atoms. The molecule has 1 saturated carbocycles. The van der Waals surface area contributed by atoms with Gasteiger partial charge >= 0.3 is 0 Å².